The number of benzene rings is 1. The van der Waals surface area contributed by atoms with Gasteiger partial charge in [0.2, 0.25) is 0 Å². The molecule has 2 nitrogen and oxygen atoms in total. The number of hydrogen-bond acceptors (Lipinski definition) is 2. The van der Waals surface area contributed by atoms with E-state index in [0.29, 0.717) is 6.54 Å². The molecule has 0 fully saturated rings. The molecule has 14 heavy (non-hydrogen) atoms. The average Bonchev–Trinajstić information content (AvgIpc) is 2.20. The van der Waals surface area contributed by atoms with Gasteiger partial charge in [0.15, 0.2) is 0 Å². The summed E-state index contributed by atoms with van der Waals surface area (Å²) in [5, 5.41) is 3.23. The van der Waals surface area contributed by atoms with Crippen molar-refractivity contribution < 1.29 is 4.74 Å². The zero-order chi connectivity index (χ0) is 10.4. The molecule has 1 rings (SSSR count). The topological polar surface area (TPSA) is 21.3 Å². The van der Waals surface area contributed by atoms with Crippen LogP contribution in [0.25, 0.3) is 0 Å². The van der Waals surface area contributed by atoms with Gasteiger partial charge in [-0.15, -0.1) is 5.92 Å². The summed E-state index contributed by atoms with van der Waals surface area (Å²) in [5.41, 5.74) is 2.19. The smallest absolute Gasteiger partial charge is 0.142 e. The molecule has 1 aromatic carbocycles. The second-order valence-electron chi connectivity index (χ2n) is 2.93. The summed E-state index contributed by atoms with van der Waals surface area (Å²) in [6.45, 7) is 4.53. The Morgan fingerprint density at radius 2 is 2.21 bits per heavy atom. The molecule has 1 N–H and O–H groups in total. The first-order chi connectivity index (χ1) is 6.79. The minimum Gasteiger partial charge on any atom is -0.495 e. The van der Waals surface area contributed by atoms with Crippen LogP contribution < -0.4 is 10.1 Å². The number of ether oxygens (including phenoxy) is 1. The number of aryl methyl sites for hydroxylation is 1. The molecule has 0 aliphatic heterocycles. The maximum Gasteiger partial charge on any atom is 0.142 e. The molecule has 0 unspecified atom stereocenters. The van der Waals surface area contributed by atoms with Crippen LogP contribution in [0.3, 0.4) is 0 Å². The van der Waals surface area contributed by atoms with E-state index in [4.69, 9.17) is 4.74 Å². The number of para-hydroxylation sites is 1. The Kier molecular flexibility index (Phi) is 3.87. The van der Waals surface area contributed by atoms with Gasteiger partial charge in [-0.2, -0.15) is 0 Å². The van der Waals surface area contributed by atoms with E-state index in [1.807, 2.05) is 32.0 Å². The molecule has 2 heteroatoms. The fourth-order valence-electron chi connectivity index (χ4n) is 1.26. The normalized spacial score (nSPS) is 8.79. The molecular weight excluding hydrogens is 174 g/mol. The maximum atomic E-state index is 5.25. The van der Waals surface area contributed by atoms with Gasteiger partial charge in [-0.3, -0.25) is 0 Å². The summed E-state index contributed by atoms with van der Waals surface area (Å²) in [6.07, 6.45) is 0. The zero-order valence-corrected chi connectivity index (χ0v) is 8.85. The van der Waals surface area contributed by atoms with Gasteiger partial charge in [0.1, 0.15) is 5.75 Å². The summed E-state index contributed by atoms with van der Waals surface area (Å²) in [5.74, 6) is 6.66. The predicted molar refractivity (Wildman–Crippen MR) is 59.7 cm³/mol. The van der Waals surface area contributed by atoms with Crippen molar-refractivity contribution in [1.29, 1.82) is 0 Å². The summed E-state index contributed by atoms with van der Waals surface area (Å²) in [6, 6.07) is 5.96. The lowest BCUT2D eigenvalue weighted by molar-refractivity contribution is 0.416. The predicted octanol–water partition coefficient (Wildman–Crippen LogP) is 2.44. The molecular formula is C12H15NO. The molecule has 0 aliphatic rings. The van der Waals surface area contributed by atoms with Crippen molar-refractivity contribution in [3.05, 3.63) is 23.8 Å². The van der Waals surface area contributed by atoms with Crippen LogP contribution in [0.1, 0.15) is 12.5 Å². The van der Waals surface area contributed by atoms with Gasteiger partial charge < -0.3 is 10.1 Å². The largest absolute Gasteiger partial charge is 0.495 e. The molecule has 1 aromatic rings. The lowest BCUT2D eigenvalue weighted by Gasteiger charge is -2.11. The van der Waals surface area contributed by atoms with Crippen molar-refractivity contribution >= 4 is 5.69 Å². The van der Waals surface area contributed by atoms with Gasteiger partial charge in [0, 0.05) is 0 Å². The first-order valence-electron chi connectivity index (χ1n) is 4.56. The molecule has 0 aliphatic carbocycles. The number of hydrogen-bond donors (Lipinski definition) is 1. The van der Waals surface area contributed by atoms with Crippen LogP contribution in [-0.2, 0) is 0 Å². The molecule has 0 saturated carbocycles. The highest BCUT2D eigenvalue weighted by atomic mass is 16.5. The third-order valence-corrected chi connectivity index (χ3v) is 1.98. The van der Waals surface area contributed by atoms with Crippen LogP contribution >= 0.6 is 0 Å². The van der Waals surface area contributed by atoms with Crippen LogP contribution in [0, 0.1) is 18.8 Å². The van der Waals surface area contributed by atoms with Crippen LogP contribution in [0.15, 0.2) is 18.2 Å². The molecule has 0 saturated heterocycles. The minimum atomic E-state index is 0.651. The van der Waals surface area contributed by atoms with Gasteiger partial charge in [-0.25, -0.2) is 0 Å². The van der Waals surface area contributed by atoms with Crippen LogP contribution in [0.2, 0.25) is 0 Å². The monoisotopic (exact) mass is 189 g/mol. The molecule has 0 amide bonds. The zero-order valence-electron chi connectivity index (χ0n) is 8.85. The highest BCUT2D eigenvalue weighted by molar-refractivity contribution is 5.62. The second kappa shape index (κ2) is 5.18. The van der Waals surface area contributed by atoms with E-state index in [-0.39, 0.29) is 0 Å². The third-order valence-electron chi connectivity index (χ3n) is 1.98. The van der Waals surface area contributed by atoms with E-state index in [9.17, 15) is 0 Å². The van der Waals surface area contributed by atoms with Crippen LogP contribution in [0.5, 0.6) is 5.75 Å². The van der Waals surface area contributed by atoms with Crippen LogP contribution in [-0.4, -0.2) is 13.7 Å². The highest BCUT2D eigenvalue weighted by Gasteiger charge is 2.03. The lowest BCUT2D eigenvalue weighted by atomic mass is 10.2. The second-order valence-corrected chi connectivity index (χ2v) is 2.93. The van der Waals surface area contributed by atoms with Gasteiger partial charge in [-0.05, 0) is 25.5 Å². The molecule has 0 bridgehead atoms. The number of anilines is 1. The Balaban J connectivity index is 2.85. The van der Waals surface area contributed by atoms with Crippen molar-refractivity contribution in [1.82, 2.24) is 0 Å². The van der Waals surface area contributed by atoms with Crippen molar-refractivity contribution in [3.8, 4) is 17.6 Å². The Morgan fingerprint density at radius 3 is 2.86 bits per heavy atom. The molecule has 0 heterocycles. The summed E-state index contributed by atoms with van der Waals surface area (Å²) in [7, 11) is 1.67. The Bertz CT molecular complexity index is 360. The highest BCUT2D eigenvalue weighted by Crippen LogP contribution is 2.27. The molecule has 0 aromatic heterocycles. The fraction of sp³-hybridized carbons (Fsp3) is 0.333. The van der Waals surface area contributed by atoms with Crippen molar-refractivity contribution in [2.45, 2.75) is 13.8 Å². The molecule has 0 radical (unpaired) electrons. The van der Waals surface area contributed by atoms with E-state index in [1.165, 1.54) is 5.56 Å². The lowest BCUT2D eigenvalue weighted by Crippen LogP contribution is -2.02. The number of nitrogens with one attached hydrogen (secondary N) is 1. The summed E-state index contributed by atoms with van der Waals surface area (Å²) >= 11 is 0. The summed E-state index contributed by atoms with van der Waals surface area (Å²) < 4.78 is 5.25. The summed E-state index contributed by atoms with van der Waals surface area (Å²) in [4.78, 5) is 0. The number of rotatable bonds is 3. The van der Waals surface area contributed by atoms with E-state index in [1.54, 1.807) is 7.11 Å². The minimum absolute atomic E-state index is 0.651. The average molecular weight is 189 g/mol. The van der Waals surface area contributed by atoms with E-state index in [2.05, 4.69) is 17.2 Å². The fourth-order valence-corrected chi connectivity index (χ4v) is 1.26. The SMILES string of the molecule is CC#CCNc1c(C)cccc1OC. The molecule has 0 atom stereocenters. The van der Waals surface area contributed by atoms with Crippen molar-refractivity contribution in [2.75, 3.05) is 19.0 Å². The third kappa shape index (κ3) is 2.43. The first-order valence-corrected chi connectivity index (χ1v) is 4.56. The van der Waals surface area contributed by atoms with Gasteiger partial charge in [0.25, 0.3) is 0 Å². The standard InChI is InChI=1S/C12H15NO/c1-4-5-9-13-12-10(2)7-6-8-11(12)14-3/h6-8,13H,9H2,1-3H3. The van der Waals surface area contributed by atoms with E-state index >= 15 is 0 Å². The quantitative estimate of drug-likeness (QED) is 0.737. The Hall–Kier alpha value is -1.62. The van der Waals surface area contributed by atoms with Crippen molar-refractivity contribution in [3.63, 3.8) is 0 Å². The van der Waals surface area contributed by atoms with E-state index in [0.717, 1.165) is 11.4 Å². The number of methoxy groups -OCH3 is 1. The van der Waals surface area contributed by atoms with Crippen LogP contribution in [0.4, 0.5) is 5.69 Å². The van der Waals surface area contributed by atoms with Gasteiger partial charge in [0.05, 0.1) is 19.3 Å². The first kappa shape index (κ1) is 10.5. The Morgan fingerprint density at radius 1 is 1.43 bits per heavy atom. The molecule has 74 valence electrons. The van der Waals surface area contributed by atoms with Gasteiger partial charge in [-0.1, -0.05) is 18.1 Å². The van der Waals surface area contributed by atoms with E-state index < -0.39 is 0 Å². The Labute approximate surface area is 85.3 Å². The van der Waals surface area contributed by atoms with Crippen molar-refractivity contribution in [2.24, 2.45) is 0 Å². The molecule has 0 spiro atoms. The van der Waals surface area contributed by atoms with Gasteiger partial charge >= 0.3 is 0 Å². The maximum absolute atomic E-state index is 5.25.